The summed E-state index contributed by atoms with van der Waals surface area (Å²) in [7, 11) is -3.99. The molecule has 0 aliphatic rings. The summed E-state index contributed by atoms with van der Waals surface area (Å²) < 4.78 is 23.0. The summed E-state index contributed by atoms with van der Waals surface area (Å²) in [6.07, 6.45) is 0. The molecular formula is C16H17ClN2O3S. The van der Waals surface area contributed by atoms with Gasteiger partial charge in [0.15, 0.2) is 0 Å². The van der Waals surface area contributed by atoms with E-state index in [1.54, 1.807) is 0 Å². The van der Waals surface area contributed by atoms with Gasteiger partial charge in [0.25, 0.3) is 5.91 Å². The van der Waals surface area contributed by atoms with Crippen LogP contribution in [0.3, 0.4) is 0 Å². The summed E-state index contributed by atoms with van der Waals surface area (Å²) in [5.41, 5.74) is 2.22. The predicted octanol–water partition coefficient (Wildman–Crippen LogP) is 2.79. The Hall–Kier alpha value is -1.89. The van der Waals surface area contributed by atoms with Crippen LogP contribution in [0.15, 0.2) is 47.4 Å². The van der Waals surface area contributed by atoms with Gasteiger partial charge in [-0.2, -0.15) is 0 Å². The highest BCUT2D eigenvalue weighted by atomic mass is 35.5. The predicted molar refractivity (Wildman–Crippen MR) is 89.9 cm³/mol. The summed E-state index contributed by atoms with van der Waals surface area (Å²) in [4.78, 5) is 12.1. The maximum Gasteiger partial charge on any atom is 0.251 e. The third-order valence-corrected chi connectivity index (χ3v) is 4.89. The van der Waals surface area contributed by atoms with Crippen molar-refractivity contribution in [2.75, 3.05) is 0 Å². The molecule has 0 aromatic heterocycles. The maximum absolute atomic E-state index is 12.3. The molecule has 0 aliphatic carbocycles. The van der Waals surface area contributed by atoms with Crippen LogP contribution < -0.4 is 10.5 Å². The number of carbonyl (C=O) groups is 1. The van der Waals surface area contributed by atoms with Gasteiger partial charge in [0, 0.05) is 5.56 Å². The van der Waals surface area contributed by atoms with E-state index in [-0.39, 0.29) is 21.5 Å². The van der Waals surface area contributed by atoms with Crippen molar-refractivity contribution >= 4 is 27.5 Å². The SMILES string of the molecule is Cc1ccccc1[C@@H](C)NC(=O)c1ccc(Cl)c(S(N)(=O)=O)c1. The number of sulfonamides is 1. The normalized spacial score (nSPS) is 12.7. The first kappa shape index (κ1) is 17.5. The van der Waals surface area contributed by atoms with Crippen LogP contribution in [0.5, 0.6) is 0 Å². The van der Waals surface area contributed by atoms with Gasteiger partial charge in [-0.1, -0.05) is 35.9 Å². The van der Waals surface area contributed by atoms with Crippen molar-refractivity contribution in [2.24, 2.45) is 5.14 Å². The molecule has 0 fully saturated rings. The van der Waals surface area contributed by atoms with Crippen molar-refractivity contribution in [2.45, 2.75) is 24.8 Å². The average Bonchev–Trinajstić information content (AvgIpc) is 2.46. The molecule has 0 heterocycles. The molecule has 2 aromatic carbocycles. The zero-order valence-electron chi connectivity index (χ0n) is 12.7. The Balaban J connectivity index is 2.27. The fraction of sp³-hybridized carbons (Fsp3) is 0.188. The Kier molecular flexibility index (Phi) is 5.09. The van der Waals surface area contributed by atoms with E-state index in [4.69, 9.17) is 16.7 Å². The summed E-state index contributed by atoms with van der Waals surface area (Å²) >= 11 is 5.82. The number of halogens is 1. The highest BCUT2D eigenvalue weighted by Gasteiger charge is 2.18. The topological polar surface area (TPSA) is 89.3 Å². The van der Waals surface area contributed by atoms with Gasteiger partial charge in [-0.05, 0) is 43.2 Å². The van der Waals surface area contributed by atoms with Crippen molar-refractivity contribution in [3.63, 3.8) is 0 Å². The van der Waals surface area contributed by atoms with Crippen LogP contribution >= 0.6 is 11.6 Å². The highest BCUT2D eigenvalue weighted by molar-refractivity contribution is 7.89. The van der Waals surface area contributed by atoms with E-state index in [2.05, 4.69) is 5.32 Å². The van der Waals surface area contributed by atoms with Crippen LogP contribution in [0, 0.1) is 6.92 Å². The number of carbonyl (C=O) groups excluding carboxylic acids is 1. The molecule has 0 saturated carbocycles. The largest absolute Gasteiger partial charge is 0.346 e. The molecule has 0 bridgehead atoms. The first-order valence-electron chi connectivity index (χ1n) is 6.89. The molecule has 1 amide bonds. The molecule has 0 aliphatic heterocycles. The zero-order chi connectivity index (χ0) is 17.2. The fourth-order valence-electron chi connectivity index (χ4n) is 2.29. The Bertz CT molecular complexity index is 850. The number of primary sulfonamides is 1. The third-order valence-electron chi connectivity index (χ3n) is 3.50. The molecule has 2 rings (SSSR count). The van der Waals surface area contributed by atoms with Crippen LogP contribution in [0.2, 0.25) is 5.02 Å². The second-order valence-corrected chi connectivity index (χ2v) is 7.18. The van der Waals surface area contributed by atoms with Crippen LogP contribution in [0.25, 0.3) is 0 Å². The van der Waals surface area contributed by atoms with E-state index < -0.39 is 15.9 Å². The van der Waals surface area contributed by atoms with E-state index in [1.165, 1.54) is 18.2 Å². The monoisotopic (exact) mass is 352 g/mol. The third kappa shape index (κ3) is 4.10. The van der Waals surface area contributed by atoms with E-state index in [0.29, 0.717) is 0 Å². The average molecular weight is 353 g/mol. The number of rotatable bonds is 4. The lowest BCUT2D eigenvalue weighted by molar-refractivity contribution is 0.0939. The van der Waals surface area contributed by atoms with Gasteiger partial charge in [-0.15, -0.1) is 0 Å². The van der Waals surface area contributed by atoms with Gasteiger partial charge < -0.3 is 5.32 Å². The lowest BCUT2D eigenvalue weighted by atomic mass is 10.0. The Morgan fingerprint density at radius 2 is 1.87 bits per heavy atom. The standard InChI is InChI=1S/C16H17ClN2O3S/c1-10-5-3-4-6-13(10)11(2)19-16(20)12-7-8-14(17)15(9-12)23(18,21)22/h3-9,11H,1-2H3,(H,19,20)(H2,18,21,22)/t11-/m1/s1. The molecule has 3 N–H and O–H groups in total. The number of amides is 1. The highest BCUT2D eigenvalue weighted by Crippen LogP contribution is 2.22. The number of hydrogen-bond donors (Lipinski definition) is 2. The summed E-state index contributed by atoms with van der Waals surface area (Å²) in [5.74, 6) is -0.401. The van der Waals surface area contributed by atoms with Gasteiger partial charge in [0.1, 0.15) is 4.90 Å². The quantitative estimate of drug-likeness (QED) is 0.886. The van der Waals surface area contributed by atoms with Crippen molar-refractivity contribution < 1.29 is 13.2 Å². The second kappa shape index (κ2) is 6.70. The molecule has 0 saturated heterocycles. The Morgan fingerprint density at radius 3 is 2.48 bits per heavy atom. The van der Waals surface area contributed by atoms with Crippen LogP contribution in [0.4, 0.5) is 0 Å². The molecule has 5 nitrogen and oxygen atoms in total. The van der Waals surface area contributed by atoms with E-state index in [1.807, 2.05) is 38.1 Å². The summed E-state index contributed by atoms with van der Waals surface area (Å²) in [6, 6.07) is 11.5. The van der Waals surface area contributed by atoms with Crippen molar-refractivity contribution in [3.8, 4) is 0 Å². The van der Waals surface area contributed by atoms with Crippen molar-refractivity contribution in [1.82, 2.24) is 5.32 Å². The van der Waals surface area contributed by atoms with E-state index in [9.17, 15) is 13.2 Å². The second-order valence-electron chi connectivity index (χ2n) is 5.24. The number of aryl methyl sites for hydroxylation is 1. The lowest BCUT2D eigenvalue weighted by Crippen LogP contribution is -2.27. The smallest absolute Gasteiger partial charge is 0.251 e. The molecule has 0 spiro atoms. The number of nitrogens with two attached hydrogens (primary N) is 1. The van der Waals surface area contributed by atoms with Gasteiger partial charge in [-0.3, -0.25) is 4.79 Å². The van der Waals surface area contributed by atoms with Crippen LogP contribution in [-0.2, 0) is 10.0 Å². The molecule has 0 unspecified atom stereocenters. The molecule has 2 aromatic rings. The van der Waals surface area contributed by atoms with Crippen molar-refractivity contribution in [3.05, 3.63) is 64.2 Å². The number of hydrogen-bond acceptors (Lipinski definition) is 3. The summed E-state index contributed by atoms with van der Waals surface area (Å²) in [5, 5.41) is 7.91. The van der Waals surface area contributed by atoms with Gasteiger partial charge >= 0.3 is 0 Å². The maximum atomic E-state index is 12.3. The summed E-state index contributed by atoms with van der Waals surface area (Å²) in [6.45, 7) is 3.82. The molecule has 122 valence electrons. The Morgan fingerprint density at radius 1 is 1.22 bits per heavy atom. The minimum atomic E-state index is -3.99. The first-order valence-corrected chi connectivity index (χ1v) is 8.81. The minimum absolute atomic E-state index is 0.0176. The minimum Gasteiger partial charge on any atom is -0.346 e. The van der Waals surface area contributed by atoms with Gasteiger partial charge in [0.05, 0.1) is 11.1 Å². The molecular weight excluding hydrogens is 336 g/mol. The van der Waals surface area contributed by atoms with Gasteiger partial charge in [-0.25, -0.2) is 13.6 Å². The van der Waals surface area contributed by atoms with E-state index in [0.717, 1.165) is 11.1 Å². The van der Waals surface area contributed by atoms with Crippen LogP contribution in [0.1, 0.15) is 34.5 Å². The Labute approximate surface area is 140 Å². The van der Waals surface area contributed by atoms with E-state index >= 15 is 0 Å². The first-order chi connectivity index (χ1) is 10.7. The molecule has 23 heavy (non-hydrogen) atoms. The lowest BCUT2D eigenvalue weighted by Gasteiger charge is -2.17. The number of nitrogens with one attached hydrogen (secondary N) is 1. The fourth-order valence-corrected chi connectivity index (χ4v) is 3.36. The zero-order valence-corrected chi connectivity index (χ0v) is 14.3. The molecule has 1 atom stereocenters. The molecule has 7 heteroatoms. The van der Waals surface area contributed by atoms with Crippen LogP contribution in [-0.4, -0.2) is 14.3 Å². The van der Waals surface area contributed by atoms with Crippen molar-refractivity contribution in [1.29, 1.82) is 0 Å². The van der Waals surface area contributed by atoms with Gasteiger partial charge in [0.2, 0.25) is 10.0 Å². The number of benzene rings is 2. The molecule has 0 radical (unpaired) electrons.